The summed E-state index contributed by atoms with van der Waals surface area (Å²) >= 11 is 0. The lowest BCUT2D eigenvalue weighted by Crippen LogP contribution is -2.13. The smallest absolute Gasteiger partial charge is 0.181 e. The van der Waals surface area contributed by atoms with Crippen molar-refractivity contribution in [1.82, 2.24) is 15.2 Å². The second-order valence-electron chi connectivity index (χ2n) is 4.44. The van der Waals surface area contributed by atoms with Crippen LogP contribution >= 0.6 is 0 Å². The minimum Gasteiger partial charge on any atom is -0.318 e. The van der Waals surface area contributed by atoms with Crippen LogP contribution in [-0.2, 0) is 0 Å². The van der Waals surface area contributed by atoms with Crippen LogP contribution in [0.15, 0.2) is 54.6 Å². The number of nitrogens with one attached hydrogen (secondary N) is 1. The molecule has 0 amide bonds. The van der Waals surface area contributed by atoms with Crippen molar-refractivity contribution in [2.24, 2.45) is 5.73 Å². The zero-order chi connectivity index (χ0) is 13.9. The van der Waals surface area contributed by atoms with Gasteiger partial charge >= 0.3 is 0 Å². The summed E-state index contributed by atoms with van der Waals surface area (Å²) in [6, 6.07) is 15.3. The SMILES string of the molecule is N[C@@H](c1ccccc1)c1nc(-c2ccc(F)cc2)n[nH]1. The maximum Gasteiger partial charge on any atom is 0.181 e. The van der Waals surface area contributed by atoms with E-state index >= 15 is 0 Å². The molecule has 3 N–H and O–H groups in total. The summed E-state index contributed by atoms with van der Waals surface area (Å²) < 4.78 is 12.9. The molecule has 0 radical (unpaired) electrons. The minimum atomic E-state index is -0.363. The highest BCUT2D eigenvalue weighted by atomic mass is 19.1. The minimum absolute atomic E-state index is 0.287. The lowest BCUT2D eigenvalue weighted by Gasteiger charge is -2.07. The van der Waals surface area contributed by atoms with E-state index in [1.807, 2.05) is 30.3 Å². The van der Waals surface area contributed by atoms with Crippen LogP contribution in [0.2, 0.25) is 0 Å². The van der Waals surface area contributed by atoms with Gasteiger partial charge in [0.2, 0.25) is 0 Å². The number of benzene rings is 2. The Bertz CT molecular complexity index is 691. The topological polar surface area (TPSA) is 67.6 Å². The zero-order valence-corrected chi connectivity index (χ0v) is 10.6. The second-order valence-corrected chi connectivity index (χ2v) is 4.44. The third kappa shape index (κ3) is 2.44. The lowest BCUT2D eigenvalue weighted by atomic mass is 10.1. The number of hydrogen-bond acceptors (Lipinski definition) is 3. The first kappa shape index (κ1) is 12.5. The first-order valence-corrected chi connectivity index (χ1v) is 6.23. The first-order chi connectivity index (χ1) is 9.74. The molecular formula is C15H13FN4. The van der Waals surface area contributed by atoms with Crippen LogP contribution in [0.5, 0.6) is 0 Å². The van der Waals surface area contributed by atoms with Crippen LogP contribution in [0, 0.1) is 5.82 Å². The summed E-state index contributed by atoms with van der Waals surface area (Å²) in [4.78, 5) is 4.37. The van der Waals surface area contributed by atoms with Crippen LogP contribution in [-0.4, -0.2) is 15.2 Å². The van der Waals surface area contributed by atoms with E-state index < -0.39 is 0 Å². The molecule has 1 aromatic heterocycles. The Hall–Kier alpha value is -2.53. The van der Waals surface area contributed by atoms with Gasteiger partial charge in [-0.2, -0.15) is 5.10 Å². The van der Waals surface area contributed by atoms with Gasteiger partial charge in [-0.3, -0.25) is 5.10 Å². The highest BCUT2D eigenvalue weighted by molar-refractivity contribution is 5.54. The fourth-order valence-electron chi connectivity index (χ4n) is 1.96. The molecule has 0 aliphatic carbocycles. The standard InChI is InChI=1S/C15H13FN4/c16-12-8-6-11(7-9-12)14-18-15(20-19-14)13(17)10-4-2-1-3-5-10/h1-9,13H,17H2,(H,18,19,20)/t13-/m0/s1. The van der Waals surface area contributed by atoms with E-state index in [-0.39, 0.29) is 11.9 Å². The highest BCUT2D eigenvalue weighted by Gasteiger charge is 2.14. The highest BCUT2D eigenvalue weighted by Crippen LogP contribution is 2.20. The molecule has 1 heterocycles. The zero-order valence-electron chi connectivity index (χ0n) is 10.6. The molecule has 5 heteroatoms. The van der Waals surface area contributed by atoms with E-state index in [2.05, 4.69) is 15.2 Å². The van der Waals surface area contributed by atoms with Gasteiger partial charge in [-0.25, -0.2) is 9.37 Å². The number of halogens is 1. The number of nitrogens with two attached hydrogens (primary N) is 1. The van der Waals surface area contributed by atoms with E-state index in [0.29, 0.717) is 11.6 Å². The molecular weight excluding hydrogens is 255 g/mol. The number of H-pyrrole nitrogens is 1. The van der Waals surface area contributed by atoms with Crippen LogP contribution in [0.25, 0.3) is 11.4 Å². The van der Waals surface area contributed by atoms with Crippen LogP contribution in [0.4, 0.5) is 4.39 Å². The number of aromatic nitrogens is 3. The monoisotopic (exact) mass is 268 g/mol. The van der Waals surface area contributed by atoms with Crippen molar-refractivity contribution in [1.29, 1.82) is 0 Å². The molecule has 100 valence electrons. The predicted octanol–water partition coefficient (Wildman–Crippen LogP) is 2.66. The normalized spacial score (nSPS) is 12.3. The Kier molecular flexibility index (Phi) is 3.26. The van der Waals surface area contributed by atoms with Crippen LogP contribution in [0.1, 0.15) is 17.4 Å². The fourth-order valence-corrected chi connectivity index (χ4v) is 1.96. The van der Waals surface area contributed by atoms with Crippen LogP contribution < -0.4 is 5.73 Å². The van der Waals surface area contributed by atoms with E-state index in [1.165, 1.54) is 12.1 Å². The molecule has 1 atom stereocenters. The molecule has 3 aromatic rings. The maximum absolute atomic E-state index is 12.9. The van der Waals surface area contributed by atoms with Gasteiger partial charge in [-0.15, -0.1) is 0 Å². The summed E-state index contributed by atoms with van der Waals surface area (Å²) in [5.74, 6) is 0.799. The summed E-state index contributed by atoms with van der Waals surface area (Å²) in [6.45, 7) is 0. The summed E-state index contributed by atoms with van der Waals surface area (Å²) in [6.07, 6.45) is 0. The molecule has 4 nitrogen and oxygen atoms in total. The largest absolute Gasteiger partial charge is 0.318 e. The van der Waals surface area contributed by atoms with Gasteiger partial charge in [-0.1, -0.05) is 30.3 Å². The van der Waals surface area contributed by atoms with Gasteiger partial charge in [0.05, 0.1) is 6.04 Å². The van der Waals surface area contributed by atoms with Crippen molar-refractivity contribution >= 4 is 0 Å². The number of rotatable bonds is 3. The molecule has 0 saturated carbocycles. The molecule has 0 fully saturated rings. The van der Waals surface area contributed by atoms with Crippen molar-refractivity contribution in [3.63, 3.8) is 0 Å². The van der Waals surface area contributed by atoms with Crippen molar-refractivity contribution in [2.75, 3.05) is 0 Å². The molecule has 0 unspecified atom stereocenters. The quantitative estimate of drug-likeness (QED) is 0.767. The van der Waals surface area contributed by atoms with Gasteiger partial charge in [0.15, 0.2) is 5.82 Å². The number of nitrogens with zero attached hydrogens (tertiary/aromatic N) is 2. The molecule has 0 aliphatic heterocycles. The Balaban J connectivity index is 1.89. The predicted molar refractivity (Wildman–Crippen MR) is 74.2 cm³/mol. The third-order valence-corrected chi connectivity index (χ3v) is 3.06. The van der Waals surface area contributed by atoms with Crippen molar-refractivity contribution in [3.05, 3.63) is 71.8 Å². The second kappa shape index (κ2) is 5.22. The maximum atomic E-state index is 12.9. The van der Waals surface area contributed by atoms with Crippen LogP contribution in [0.3, 0.4) is 0 Å². The van der Waals surface area contributed by atoms with E-state index in [0.717, 1.165) is 11.1 Å². The Labute approximate surface area is 115 Å². The van der Waals surface area contributed by atoms with Gasteiger partial charge in [-0.05, 0) is 29.8 Å². The van der Waals surface area contributed by atoms with Gasteiger partial charge < -0.3 is 5.73 Å². The summed E-state index contributed by atoms with van der Waals surface area (Å²) in [5, 5.41) is 6.96. The van der Waals surface area contributed by atoms with E-state index in [4.69, 9.17) is 5.73 Å². The molecule has 20 heavy (non-hydrogen) atoms. The molecule has 0 bridgehead atoms. The molecule has 0 saturated heterocycles. The Morgan fingerprint density at radius 1 is 1.00 bits per heavy atom. The third-order valence-electron chi connectivity index (χ3n) is 3.06. The Morgan fingerprint density at radius 3 is 2.40 bits per heavy atom. The summed E-state index contributed by atoms with van der Waals surface area (Å²) in [5.41, 5.74) is 7.84. The Morgan fingerprint density at radius 2 is 1.70 bits per heavy atom. The van der Waals surface area contributed by atoms with Crippen molar-refractivity contribution in [3.8, 4) is 11.4 Å². The molecule has 0 spiro atoms. The van der Waals surface area contributed by atoms with Gasteiger partial charge in [0, 0.05) is 5.56 Å². The summed E-state index contributed by atoms with van der Waals surface area (Å²) in [7, 11) is 0. The average molecular weight is 268 g/mol. The number of aromatic amines is 1. The van der Waals surface area contributed by atoms with E-state index in [1.54, 1.807) is 12.1 Å². The average Bonchev–Trinajstić information content (AvgIpc) is 2.98. The van der Waals surface area contributed by atoms with Crippen molar-refractivity contribution < 1.29 is 4.39 Å². The molecule has 2 aromatic carbocycles. The van der Waals surface area contributed by atoms with Gasteiger partial charge in [0.25, 0.3) is 0 Å². The molecule has 3 rings (SSSR count). The lowest BCUT2D eigenvalue weighted by molar-refractivity contribution is 0.628. The fraction of sp³-hybridized carbons (Fsp3) is 0.0667. The molecule has 0 aliphatic rings. The first-order valence-electron chi connectivity index (χ1n) is 6.23. The van der Waals surface area contributed by atoms with Gasteiger partial charge in [0.1, 0.15) is 11.6 Å². The van der Waals surface area contributed by atoms with E-state index in [9.17, 15) is 4.39 Å². The van der Waals surface area contributed by atoms with Crippen molar-refractivity contribution in [2.45, 2.75) is 6.04 Å². The number of hydrogen-bond donors (Lipinski definition) is 2.